The van der Waals surface area contributed by atoms with Gasteiger partial charge in [0.25, 0.3) is 0 Å². The number of rotatable bonds is 7. The summed E-state index contributed by atoms with van der Waals surface area (Å²) in [4.78, 5) is 20.8. The molecule has 3 aromatic rings. The molecule has 2 heterocycles. The highest BCUT2D eigenvalue weighted by atomic mass is 32.1. The van der Waals surface area contributed by atoms with Crippen LogP contribution in [0.3, 0.4) is 0 Å². The molecule has 0 saturated carbocycles. The van der Waals surface area contributed by atoms with Crippen LogP contribution in [0.2, 0.25) is 0 Å². The SMILES string of the molecule is CCOC(=O)C1=C(c2ccccc2)Nc2nc(=S)[nH]c(N)c2C1c1ccc(OCC)c(OC)c1. The number of nitrogens with one attached hydrogen (secondary N) is 2. The second kappa shape index (κ2) is 9.96. The number of aromatic nitrogens is 2. The lowest BCUT2D eigenvalue weighted by Crippen LogP contribution is -2.27. The van der Waals surface area contributed by atoms with Gasteiger partial charge in [-0.15, -0.1) is 0 Å². The van der Waals surface area contributed by atoms with Crippen LogP contribution in [-0.2, 0) is 9.53 Å². The number of benzene rings is 2. The lowest BCUT2D eigenvalue weighted by molar-refractivity contribution is -0.138. The number of nitrogens with zero attached hydrogens (tertiary/aromatic N) is 1. The first-order valence-corrected chi connectivity index (χ1v) is 11.3. The number of carbonyl (C=O) groups excluding carboxylic acids is 1. The largest absolute Gasteiger partial charge is 0.493 e. The molecule has 176 valence electrons. The molecule has 0 spiro atoms. The summed E-state index contributed by atoms with van der Waals surface area (Å²) in [5.74, 6) is 0.875. The summed E-state index contributed by atoms with van der Waals surface area (Å²) in [5, 5.41) is 3.29. The number of H-pyrrole nitrogens is 1. The minimum absolute atomic E-state index is 0.224. The zero-order valence-electron chi connectivity index (χ0n) is 19.2. The Morgan fingerprint density at radius 1 is 1.12 bits per heavy atom. The van der Waals surface area contributed by atoms with Gasteiger partial charge in [-0.05, 0) is 49.3 Å². The highest BCUT2D eigenvalue weighted by molar-refractivity contribution is 7.71. The smallest absolute Gasteiger partial charge is 0.337 e. The van der Waals surface area contributed by atoms with Crippen molar-refractivity contribution in [3.8, 4) is 11.5 Å². The first-order valence-electron chi connectivity index (χ1n) is 10.9. The molecule has 4 N–H and O–H groups in total. The summed E-state index contributed by atoms with van der Waals surface area (Å²) in [6, 6.07) is 15.1. The number of nitrogen functional groups attached to an aromatic ring is 1. The third-order valence-corrected chi connectivity index (χ3v) is 5.66. The average Bonchev–Trinajstić information content (AvgIpc) is 2.84. The van der Waals surface area contributed by atoms with Crippen LogP contribution in [0.5, 0.6) is 11.5 Å². The van der Waals surface area contributed by atoms with E-state index in [-0.39, 0.29) is 11.4 Å². The molecule has 0 radical (unpaired) electrons. The predicted molar refractivity (Wildman–Crippen MR) is 133 cm³/mol. The second-order valence-corrected chi connectivity index (χ2v) is 7.88. The first kappa shape index (κ1) is 23.3. The van der Waals surface area contributed by atoms with Crippen molar-refractivity contribution in [3.05, 3.63) is 75.6 Å². The van der Waals surface area contributed by atoms with Gasteiger partial charge in [0.05, 0.1) is 37.5 Å². The quantitative estimate of drug-likeness (QED) is 0.332. The molecular weight excluding hydrogens is 452 g/mol. The normalized spacial score (nSPS) is 14.7. The fourth-order valence-electron chi connectivity index (χ4n) is 4.09. The van der Waals surface area contributed by atoms with Gasteiger partial charge in [0, 0.05) is 5.56 Å². The molecule has 34 heavy (non-hydrogen) atoms. The summed E-state index contributed by atoms with van der Waals surface area (Å²) in [6.45, 7) is 4.39. The van der Waals surface area contributed by atoms with E-state index < -0.39 is 11.9 Å². The maximum absolute atomic E-state index is 13.4. The molecule has 1 atom stereocenters. The van der Waals surface area contributed by atoms with Gasteiger partial charge >= 0.3 is 5.97 Å². The molecular formula is C25H26N4O4S. The van der Waals surface area contributed by atoms with Gasteiger partial charge < -0.3 is 30.2 Å². The molecule has 2 aromatic carbocycles. The van der Waals surface area contributed by atoms with Crippen LogP contribution in [0, 0.1) is 4.77 Å². The average molecular weight is 479 g/mol. The van der Waals surface area contributed by atoms with Crippen LogP contribution >= 0.6 is 12.2 Å². The second-order valence-electron chi connectivity index (χ2n) is 7.49. The van der Waals surface area contributed by atoms with E-state index in [2.05, 4.69) is 15.3 Å². The van der Waals surface area contributed by atoms with Crippen molar-refractivity contribution in [2.24, 2.45) is 0 Å². The monoisotopic (exact) mass is 478 g/mol. The van der Waals surface area contributed by atoms with Crippen molar-refractivity contribution < 1.29 is 19.0 Å². The summed E-state index contributed by atoms with van der Waals surface area (Å²) in [6.07, 6.45) is 0. The fourth-order valence-corrected chi connectivity index (χ4v) is 4.30. The van der Waals surface area contributed by atoms with Gasteiger partial charge in [-0.3, -0.25) is 0 Å². The molecule has 0 saturated heterocycles. The van der Waals surface area contributed by atoms with Crippen molar-refractivity contribution in [1.29, 1.82) is 0 Å². The Bertz CT molecular complexity index is 1300. The number of fused-ring (bicyclic) bond motifs is 1. The number of ether oxygens (including phenoxy) is 3. The van der Waals surface area contributed by atoms with Gasteiger partial charge in [-0.25, -0.2) is 9.78 Å². The highest BCUT2D eigenvalue weighted by Gasteiger charge is 2.38. The highest BCUT2D eigenvalue weighted by Crippen LogP contribution is 2.47. The third-order valence-electron chi connectivity index (χ3n) is 5.47. The van der Waals surface area contributed by atoms with Crippen molar-refractivity contribution in [2.75, 3.05) is 31.4 Å². The standard InChI is InChI=1S/C25H26N4O4S/c1-4-32-16-12-11-15(13-17(16)31-3)18-19(24(30)33-5-2)21(14-9-7-6-8-10-14)27-23-20(18)22(26)28-25(34)29-23/h6-13,18H,4-5H2,1-3H3,(H4,26,27,28,29,34). The number of esters is 1. The minimum Gasteiger partial charge on any atom is -0.493 e. The van der Waals surface area contributed by atoms with E-state index in [0.717, 1.165) is 11.1 Å². The van der Waals surface area contributed by atoms with Gasteiger partial charge in [-0.2, -0.15) is 0 Å². The van der Waals surface area contributed by atoms with E-state index in [1.54, 1.807) is 14.0 Å². The van der Waals surface area contributed by atoms with E-state index in [1.165, 1.54) is 0 Å². The van der Waals surface area contributed by atoms with Crippen LogP contribution < -0.4 is 20.5 Å². The van der Waals surface area contributed by atoms with Crippen LogP contribution in [0.15, 0.2) is 54.1 Å². The molecule has 1 aliphatic heterocycles. The molecule has 8 nitrogen and oxygen atoms in total. The van der Waals surface area contributed by atoms with E-state index >= 15 is 0 Å². The zero-order chi connectivity index (χ0) is 24.2. The minimum atomic E-state index is -0.602. The van der Waals surface area contributed by atoms with Crippen LogP contribution in [-0.4, -0.2) is 36.3 Å². The van der Waals surface area contributed by atoms with Crippen LogP contribution in [0.25, 0.3) is 5.70 Å². The number of methoxy groups -OCH3 is 1. The van der Waals surface area contributed by atoms with Crippen molar-refractivity contribution in [1.82, 2.24) is 9.97 Å². The van der Waals surface area contributed by atoms with Gasteiger partial charge in [0.15, 0.2) is 16.3 Å². The van der Waals surface area contributed by atoms with Gasteiger partial charge in [0.2, 0.25) is 0 Å². The number of nitrogens with two attached hydrogens (primary N) is 1. The summed E-state index contributed by atoms with van der Waals surface area (Å²) in [5.41, 5.74) is 9.56. The molecule has 1 aliphatic rings. The molecule has 0 amide bonds. The van der Waals surface area contributed by atoms with Crippen molar-refractivity contribution in [3.63, 3.8) is 0 Å². The van der Waals surface area contributed by atoms with E-state index in [4.69, 9.17) is 32.2 Å². The summed E-state index contributed by atoms with van der Waals surface area (Å²) >= 11 is 5.27. The Hall–Kier alpha value is -3.85. The van der Waals surface area contributed by atoms with Crippen LogP contribution in [0.1, 0.15) is 36.5 Å². The number of aromatic amines is 1. The number of hydrogen-bond donors (Lipinski definition) is 3. The molecule has 0 bridgehead atoms. The zero-order valence-corrected chi connectivity index (χ0v) is 20.0. The van der Waals surface area contributed by atoms with Crippen LogP contribution in [0.4, 0.5) is 11.6 Å². The Balaban J connectivity index is 2.03. The topological polar surface area (TPSA) is 111 Å². The molecule has 1 aromatic heterocycles. The molecule has 4 rings (SSSR count). The Kier molecular flexibility index (Phi) is 6.83. The Morgan fingerprint density at radius 3 is 2.56 bits per heavy atom. The Labute approximate surface area is 202 Å². The lowest BCUT2D eigenvalue weighted by atomic mass is 9.80. The molecule has 1 unspecified atom stereocenters. The number of anilines is 2. The summed E-state index contributed by atoms with van der Waals surface area (Å²) < 4.78 is 17.0. The fraction of sp³-hybridized carbons (Fsp3) is 0.240. The van der Waals surface area contributed by atoms with E-state index in [0.29, 0.717) is 46.6 Å². The van der Waals surface area contributed by atoms with Crippen molar-refractivity contribution in [2.45, 2.75) is 19.8 Å². The first-order chi connectivity index (χ1) is 16.5. The lowest BCUT2D eigenvalue weighted by Gasteiger charge is -2.31. The van der Waals surface area contributed by atoms with Crippen molar-refractivity contribution >= 4 is 35.5 Å². The molecule has 0 fully saturated rings. The predicted octanol–water partition coefficient (Wildman–Crippen LogP) is 4.66. The van der Waals surface area contributed by atoms with Gasteiger partial charge in [-0.1, -0.05) is 36.4 Å². The maximum atomic E-state index is 13.4. The molecule has 0 aliphatic carbocycles. The Morgan fingerprint density at radius 2 is 1.88 bits per heavy atom. The number of hydrogen-bond acceptors (Lipinski definition) is 8. The third kappa shape index (κ3) is 4.34. The van der Waals surface area contributed by atoms with E-state index in [9.17, 15) is 4.79 Å². The molecule has 9 heteroatoms. The van der Waals surface area contributed by atoms with Gasteiger partial charge in [0.1, 0.15) is 11.6 Å². The maximum Gasteiger partial charge on any atom is 0.337 e. The number of carbonyl (C=O) groups is 1. The van der Waals surface area contributed by atoms with E-state index in [1.807, 2.05) is 55.5 Å². The summed E-state index contributed by atoms with van der Waals surface area (Å²) in [7, 11) is 1.57.